The van der Waals surface area contributed by atoms with Crippen molar-refractivity contribution in [2.75, 3.05) is 11.5 Å². The number of rotatable bonds is 5. The Balaban J connectivity index is 1.96. The Morgan fingerprint density at radius 1 is 1.45 bits per heavy atom. The summed E-state index contributed by atoms with van der Waals surface area (Å²) in [4.78, 5) is 22.1. The topological polar surface area (TPSA) is 54.4 Å². The third-order valence-corrected chi connectivity index (χ3v) is 9.60. The van der Waals surface area contributed by atoms with Crippen LogP contribution in [-0.4, -0.2) is 36.5 Å². The Hall–Kier alpha value is 0.190. The lowest BCUT2D eigenvalue weighted by molar-refractivity contribution is -0.138. The minimum atomic E-state index is -0.672. The number of hydrogen-bond acceptors (Lipinski definition) is 5. The number of carboxylic acids is 1. The van der Waals surface area contributed by atoms with E-state index in [4.69, 9.17) is 5.11 Å². The highest BCUT2D eigenvalue weighted by Gasteiger charge is 2.52. The molecule has 3 atom stereocenters. The number of aliphatic carboxylic acids is 1. The first kappa shape index (κ1) is 16.6. The van der Waals surface area contributed by atoms with Crippen molar-refractivity contribution in [2.24, 2.45) is 5.92 Å². The fourth-order valence-corrected chi connectivity index (χ4v) is 8.60. The van der Waals surface area contributed by atoms with Crippen molar-refractivity contribution in [3.8, 4) is 0 Å². The molecule has 2 rings (SSSR count). The maximum Gasteiger partial charge on any atom is 0.303 e. The molecule has 3 nitrogen and oxygen atoms in total. The molecular formula is C14H22O3S3. The van der Waals surface area contributed by atoms with Gasteiger partial charge in [-0.1, -0.05) is 18.7 Å². The zero-order valence-electron chi connectivity index (χ0n) is 12.0. The first-order chi connectivity index (χ1) is 9.39. The second kappa shape index (κ2) is 6.53. The second-order valence-electron chi connectivity index (χ2n) is 5.82. The van der Waals surface area contributed by atoms with Crippen molar-refractivity contribution in [1.29, 1.82) is 0 Å². The number of hydrogen-bond donors (Lipinski definition) is 1. The van der Waals surface area contributed by atoms with E-state index in [1.165, 1.54) is 11.8 Å². The largest absolute Gasteiger partial charge is 0.481 e. The number of carbonyl (C=O) groups excluding carboxylic acids is 1. The van der Waals surface area contributed by atoms with Gasteiger partial charge in [0.05, 0.1) is 4.08 Å². The van der Waals surface area contributed by atoms with Crippen LogP contribution in [0, 0.1) is 5.92 Å². The lowest BCUT2D eigenvalue weighted by Crippen LogP contribution is -2.28. The summed E-state index contributed by atoms with van der Waals surface area (Å²) in [6, 6.07) is 0. The molecule has 2 fully saturated rings. The van der Waals surface area contributed by atoms with E-state index in [1.54, 1.807) is 6.92 Å². The molecule has 0 aromatic heterocycles. The van der Waals surface area contributed by atoms with E-state index in [0.29, 0.717) is 12.3 Å². The van der Waals surface area contributed by atoms with E-state index in [1.807, 2.05) is 23.5 Å². The minimum Gasteiger partial charge on any atom is -0.481 e. The van der Waals surface area contributed by atoms with Gasteiger partial charge in [-0.15, -0.1) is 23.5 Å². The summed E-state index contributed by atoms with van der Waals surface area (Å²) in [5.74, 6) is 1.64. The Morgan fingerprint density at radius 2 is 2.20 bits per heavy atom. The van der Waals surface area contributed by atoms with Gasteiger partial charge in [0, 0.05) is 29.6 Å². The second-order valence-corrected chi connectivity index (χ2v) is 10.4. The average molecular weight is 335 g/mol. The Morgan fingerprint density at radius 3 is 2.80 bits per heavy atom. The van der Waals surface area contributed by atoms with Crippen LogP contribution in [0.1, 0.15) is 46.0 Å². The molecule has 1 saturated heterocycles. The molecule has 0 radical (unpaired) electrons. The number of thioether (sulfide) groups is 3. The van der Waals surface area contributed by atoms with Gasteiger partial charge in [-0.2, -0.15) is 0 Å². The molecule has 1 saturated carbocycles. The fraction of sp³-hybridized carbons (Fsp3) is 0.857. The Kier molecular flexibility index (Phi) is 5.40. The van der Waals surface area contributed by atoms with Gasteiger partial charge in [0.1, 0.15) is 0 Å². The maximum atomic E-state index is 11.2. The zero-order valence-corrected chi connectivity index (χ0v) is 14.5. The minimum absolute atomic E-state index is 0.194. The molecule has 20 heavy (non-hydrogen) atoms. The molecule has 0 amide bonds. The van der Waals surface area contributed by atoms with Crippen LogP contribution in [0.4, 0.5) is 0 Å². The molecule has 0 aromatic rings. The third-order valence-electron chi connectivity index (χ3n) is 4.18. The van der Waals surface area contributed by atoms with Gasteiger partial charge < -0.3 is 5.11 Å². The normalized spacial score (nSPS) is 36.6. The number of carboxylic acid groups (broad SMARTS) is 1. The van der Waals surface area contributed by atoms with Crippen molar-refractivity contribution < 1.29 is 14.7 Å². The van der Waals surface area contributed by atoms with Crippen molar-refractivity contribution in [1.82, 2.24) is 0 Å². The Bertz CT molecular complexity index is 401. The summed E-state index contributed by atoms with van der Waals surface area (Å²) < 4.78 is 0.409. The zero-order chi connectivity index (χ0) is 14.8. The summed E-state index contributed by atoms with van der Waals surface area (Å²) >= 11 is 5.49. The van der Waals surface area contributed by atoms with Crippen LogP contribution in [0.5, 0.6) is 0 Å². The molecule has 3 unspecified atom stereocenters. The monoisotopic (exact) mass is 334 g/mol. The Labute approximate surface area is 133 Å². The van der Waals surface area contributed by atoms with Crippen molar-refractivity contribution in [3.63, 3.8) is 0 Å². The van der Waals surface area contributed by atoms with E-state index in [-0.39, 0.29) is 13.9 Å². The lowest BCUT2D eigenvalue weighted by Gasteiger charge is -2.29. The van der Waals surface area contributed by atoms with Crippen LogP contribution in [0.15, 0.2) is 0 Å². The van der Waals surface area contributed by atoms with Crippen molar-refractivity contribution in [3.05, 3.63) is 0 Å². The first-order valence-electron chi connectivity index (χ1n) is 7.08. The van der Waals surface area contributed by atoms with Crippen LogP contribution in [0.3, 0.4) is 0 Å². The van der Waals surface area contributed by atoms with Crippen molar-refractivity contribution >= 4 is 46.4 Å². The molecule has 1 heterocycles. The molecule has 0 bridgehead atoms. The fourth-order valence-electron chi connectivity index (χ4n) is 3.01. The van der Waals surface area contributed by atoms with Gasteiger partial charge in [0.15, 0.2) is 5.12 Å². The van der Waals surface area contributed by atoms with E-state index in [2.05, 4.69) is 6.92 Å². The maximum absolute atomic E-state index is 11.2. The molecule has 1 aliphatic heterocycles. The predicted molar refractivity (Wildman–Crippen MR) is 88.5 cm³/mol. The summed E-state index contributed by atoms with van der Waals surface area (Å²) in [5, 5.41) is 9.14. The first-order valence-corrected chi connectivity index (χ1v) is 9.87. The average Bonchev–Trinajstić information content (AvgIpc) is 2.92. The van der Waals surface area contributed by atoms with Crippen LogP contribution in [0.2, 0.25) is 0 Å². The van der Waals surface area contributed by atoms with E-state index < -0.39 is 5.97 Å². The molecule has 1 aliphatic carbocycles. The molecule has 1 spiro atoms. The summed E-state index contributed by atoms with van der Waals surface area (Å²) in [7, 11) is 0. The lowest BCUT2D eigenvalue weighted by atomic mass is 10.1. The number of carbonyl (C=O) groups is 2. The van der Waals surface area contributed by atoms with Gasteiger partial charge in [0.25, 0.3) is 0 Å². The van der Waals surface area contributed by atoms with Crippen LogP contribution < -0.4 is 0 Å². The molecule has 1 N–H and O–H groups in total. The van der Waals surface area contributed by atoms with Gasteiger partial charge in [-0.25, -0.2) is 0 Å². The highest BCUT2D eigenvalue weighted by Crippen LogP contribution is 2.64. The third kappa shape index (κ3) is 3.89. The van der Waals surface area contributed by atoms with Gasteiger partial charge in [0.2, 0.25) is 0 Å². The van der Waals surface area contributed by atoms with Crippen LogP contribution in [-0.2, 0) is 9.59 Å². The quantitative estimate of drug-likeness (QED) is 0.824. The highest BCUT2D eigenvalue weighted by atomic mass is 32.2. The smallest absolute Gasteiger partial charge is 0.303 e. The van der Waals surface area contributed by atoms with Crippen molar-refractivity contribution in [2.45, 2.75) is 54.8 Å². The molecule has 0 aromatic carbocycles. The molecule has 6 heteroatoms. The van der Waals surface area contributed by atoms with Crippen LogP contribution in [0.25, 0.3) is 0 Å². The molecule has 2 aliphatic rings. The molecule has 114 valence electrons. The van der Waals surface area contributed by atoms with Gasteiger partial charge in [-0.3, -0.25) is 9.59 Å². The predicted octanol–water partition coefficient (Wildman–Crippen LogP) is 3.87. The summed E-state index contributed by atoms with van der Waals surface area (Å²) in [6.45, 7) is 3.84. The van der Waals surface area contributed by atoms with Gasteiger partial charge in [-0.05, 0) is 31.6 Å². The van der Waals surface area contributed by atoms with E-state index in [0.717, 1.165) is 37.2 Å². The highest BCUT2D eigenvalue weighted by molar-refractivity contribution is 8.23. The van der Waals surface area contributed by atoms with Crippen LogP contribution >= 0.6 is 35.3 Å². The standard InChI is InChI=1S/C14H22O3S3/c1-3-13(8-18-10(2)15)9-19-14(20-13)5-4-11(7-14)6-12(16)17/h11H,3-9H2,1-2H3,(H,16,17). The van der Waals surface area contributed by atoms with E-state index >= 15 is 0 Å². The van der Waals surface area contributed by atoms with E-state index in [9.17, 15) is 9.59 Å². The summed E-state index contributed by atoms with van der Waals surface area (Å²) in [6.07, 6.45) is 4.56. The molecular weight excluding hydrogens is 312 g/mol. The summed E-state index contributed by atoms with van der Waals surface area (Å²) in [5.41, 5.74) is 0. The SMILES string of the molecule is CCC1(CSC(C)=O)CSC2(CCC(CC(=O)O)C2)S1. The van der Waals surface area contributed by atoms with Gasteiger partial charge >= 0.3 is 5.97 Å².